The summed E-state index contributed by atoms with van der Waals surface area (Å²) >= 11 is 0. The number of hydrogen-bond donors (Lipinski definition) is 2. The Morgan fingerprint density at radius 2 is 2.09 bits per heavy atom. The van der Waals surface area contributed by atoms with Gasteiger partial charge in [-0.15, -0.1) is 0 Å². The van der Waals surface area contributed by atoms with Crippen LogP contribution < -0.4 is 5.32 Å². The number of aliphatic hydroxyl groups excluding tert-OH is 1. The number of benzene rings is 1. The number of aliphatic hydroxyl groups is 1. The number of likely N-dealkylation sites (tertiary alicyclic amines) is 1. The molecular formula is C18H28N2O2. The van der Waals surface area contributed by atoms with Crippen molar-refractivity contribution in [2.75, 3.05) is 19.6 Å². The molecule has 122 valence electrons. The SMILES string of the molecule is CCC(C)C(O)CNC(=O)c1cccc(CN2CCCC2)c1. The van der Waals surface area contributed by atoms with E-state index in [4.69, 9.17) is 0 Å². The van der Waals surface area contributed by atoms with Crippen LogP contribution >= 0.6 is 0 Å². The molecule has 0 spiro atoms. The van der Waals surface area contributed by atoms with Gasteiger partial charge in [-0.05, 0) is 49.5 Å². The minimum absolute atomic E-state index is 0.106. The average molecular weight is 304 g/mol. The number of carbonyl (C=O) groups excluding carboxylic acids is 1. The molecule has 0 saturated carbocycles. The van der Waals surface area contributed by atoms with Gasteiger partial charge in [0.15, 0.2) is 0 Å². The van der Waals surface area contributed by atoms with Crippen molar-refractivity contribution in [3.63, 3.8) is 0 Å². The molecule has 2 unspecified atom stereocenters. The molecule has 0 aliphatic carbocycles. The van der Waals surface area contributed by atoms with Gasteiger partial charge in [-0.25, -0.2) is 0 Å². The third-order valence-corrected chi connectivity index (χ3v) is 4.57. The quantitative estimate of drug-likeness (QED) is 0.813. The fraction of sp³-hybridized carbons (Fsp3) is 0.611. The Balaban J connectivity index is 1.89. The molecule has 2 rings (SSSR count). The van der Waals surface area contributed by atoms with Crippen molar-refractivity contribution in [2.24, 2.45) is 5.92 Å². The average Bonchev–Trinajstić information content (AvgIpc) is 3.04. The van der Waals surface area contributed by atoms with Crippen LogP contribution in [-0.2, 0) is 6.54 Å². The van der Waals surface area contributed by atoms with Gasteiger partial charge < -0.3 is 10.4 Å². The van der Waals surface area contributed by atoms with Crippen molar-refractivity contribution in [2.45, 2.75) is 45.8 Å². The third-order valence-electron chi connectivity index (χ3n) is 4.57. The molecular weight excluding hydrogens is 276 g/mol. The van der Waals surface area contributed by atoms with Gasteiger partial charge in [0, 0.05) is 18.7 Å². The van der Waals surface area contributed by atoms with Crippen LogP contribution in [0, 0.1) is 5.92 Å². The summed E-state index contributed by atoms with van der Waals surface area (Å²) < 4.78 is 0. The Morgan fingerprint density at radius 1 is 1.36 bits per heavy atom. The van der Waals surface area contributed by atoms with Crippen LogP contribution in [0.15, 0.2) is 24.3 Å². The highest BCUT2D eigenvalue weighted by Crippen LogP contribution is 2.14. The number of hydrogen-bond acceptors (Lipinski definition) is 3. The second-order valence-electron chi connectivity index (χ2n) is 6.35. The minimum Gasteiger partial charge on any atom is -0.391 e. The summed E-state index contributed by atoms with van der Waals surface area (Å²) in [5.41, 5.74) is 1.85. The van der Waals surface area contributed by atoms with E-state index in [-0.39, 0.29) is 11.8 Å². The zero-order valence-electron chi connectivity index (χ0n) is 13.7. The van der Waals surface area contributed by atoms with Crippen LogP contribution in [-0.4, -0.2) is 41.7 Å². The molecule has 1 saturated heterocycles. The molecule has 1 fully saturated rings. The van der Waals surface area contributed by atoms with Crippen molar-refractivity contribution in [3.05, 3.63) is 35.4 Å². The molecule has 22 heavy (non-hydrogen) atoms. The largest absolute Gasteiger partial charge is 0.391 e. The highest BCUT2D eigenvalue weighted by molar-refractivity contribution is 5.94. The van der Waals surface area contributed by atoms with Crippen molar-refractivity contribution in [3.8, 4) is 0 Å². The van der Waals surface area contributed by atoms with Gasteiger partial charge in [0.25, 0.3) is 5.91 Å². The first-order chi connectivity index (χ1) is 10.6. The van der Waals surface area contributed by atoms with E-state index in [1.165, 1.54) is 18.4 Å². The molecule has 1 aliphatic rings. The van der Waals surface area contributed by atoms with Gasteiger partial charge in [-0.1, -0.05) is 32.4 Å². The van der Waals surface area contributed by atoms with Crippen LogP contribution in [0.5, 0.6) is 0 Å². The van der Waals surface area contributed by atoms with Crippen LogP contribution in [0.3, 0.4) is 0 Å². The van der Waals surface area contributed by atoms with E-state index < -0.39 is 6.10 Å². The summed E-state index contributed by atoms with van der Waals surface area (Å²) in [4.78, 5) is 14.6. The van der Waals surface area contributed by atoms with E-state index in [2.05, 4.69) is 16.3 Å². The maximum Gasteiger partial charge on any atom is 0.251 e. The van der Waals surface area contributed by atoms with Crippen molar-refractivity contribution < 1.29 is 9.90 Å². The van der Waals surface area contributed by atoms with Gasteiger partial charge in [-0.3, -0.25) is 9.69 Å². The first kappa shape index (κ1) is 17.0. The lowest BCUT2D eigenvalue weighted by molar-refractivity contribution is 0.0850. The van der Waals surface area contributed by atoms with Crippen molar-refractivity contribution in [1.29, 1.82) is 0 Å². The number of nitrogens with one attached hydrogen (secondary N) is 1. The Hall–Kier alpha value is -1.39. The lowest BCUT2D eigenvalue weighted by Crippen LogP contribution is -2.35. The topological polar surface area (TPSA) is 52.6 Å². The zero-order chi connectivity index (χ0) is 15.9. The van der Waals surface area contributed by atoms with Crippen molar-refractivity contribution in [1.82, 2.24) is 10.2 Å². The zero-order valence-corrected chi connectivity index (χ0v) is 13.7. The fourth-order valence-electron chi connectivity index (χ4n) is 2.78. The molecule has 1 heterocycles. The predicted octanol–water partition coefficient (Wildman–Crippen LogP) is 2.42. The standard InChI is InChI=1S/C18H28N2O2/c1-3-14(2)17(21)12-19-18(22)16-8-6-7-15(11-16)13-20-9-4-5-10-20/h6-8,11,14,17,21H,3-5,9-10,12-13H2,1-2H3,(H,19,22). The van der Waals surface area contributed by atoms with Gasteiger partial charge in [-0.2, -0.15) is 0 Å². The molecule has 2 atom stereocenters. The fourth-order valence-corrected chi connectivity index (χ4v) is 2.78. The lowest BCUT2D eigenvalue weighted by Gasteiger charge is -2.18. The summed E-state index contributed by atoms with van der Waals surface area (Å²) in [6, 6.07) is 7.80. The summed E-state index contributed by atoms with van der Waals surface area (Å²) in [5, 5.41) is 12.8. The maximum atomic E-state index is 12.2. The molecule has 0 radical (unpaired) electrons. The summed E-state index contributed by atoms with van der Waals surface area (Å²) in [6.07, 6.45) is 2.96. The summed E-state index contributed by atoms with van der Waals surface area (Å²) in [5.74, 6) is 0.0902. The molecule has 1 aliphatic heterocycles. The van der Waals surface area contributed by atoms with E-state index >= 15 is 0 Å². The van der Waals surface area contributed by atoms with Crippen LogP contribution in [0.1, 0.15) is 49.0 Å². The first-order valence-electron chi connectivity index (χ1n) is 8.37. The second-order valence-corrected chi connectivity index (χ2v) is 6.35. The number of rotatable bonds is 7. The number of carbonyl (C=O) groups is 1. The molecule has 4 nitrogen and oxygen atoms in total. The van der Waals surface area contributed by atoms with Gasteiger partial charge in [0.05, 0.1) is 6.10 Å². The Labute approximate surface area is 133 Å². The van der Waals surface area contributed by atoms with Gasteiger partial charge in [0.1, 0.15) is 0 Å². The second kappa shape index (κ2) is 8.30. The third kappa shape index (κ3) is 4.82. The normalized spacial score (nSPS) is 18.1. The molecule has 1 amide bonds. The van der Waals surface area contributed by atoms with Crippen LogP contribution in [0.2, 0.25) is 0 Å². The maximum absolute atomic E-state index is 12.2. The smallest absolute Gasteiger partial charge is 0.251 e. The van der Waals surface area contributed by atoms with E-state index in [1.807, 2.05) is 32.0 Å². The number of nitrogens with zero attached hydrogens (tertiary/aromatic N) is 1. The number of amides is 1. The first-order valence-corrected chi connectivity index (χ1v) is 8.37. The molecule has 2 N–H and O–H groups in total. The lowest BCUT2D eigenvalue weighted by atomic mass is 10.0. The summed E-state index contributed by atoms with van der Waals surface area (Å²) in [6.45, 7) is 7.56. The predicted molar refractivity (Wildman–Crippen MR) is 88.7 cm³/mol. The van der Waals surface area contributed by atoms with E-state index in [9.17, 15) is 9.90 Å². The summed E-state index contributed by atoms with van der Waals surface area (Å²) in [7, 11) is 0. The molecule has 4 heteroatoms. The Kier molecular flexibility index (Phi) is 6.40. The minimum atomic E-state index is -0.485. The van der Waals surface area contributed by atoms with Gasteiger partial charge >= 0.3 is 0 Å². The van der Waals surface area contributed by atoms with Crippen LogP contribution in [0.4, 0.5) is 0 Å². The van der Waals surface area contributed by atoms with E-state index in [1.54, 1.807) is 0 Å². The van der Waals surface area contributed by atoms with E-state index in [0.29, 0.717) is 12.1 Å². The van der Waals surface area contributed by atoms with Crippen molar-refractivity contribution >= 4 is 5.91 Å². The Morgan fingerprint density at radius 3 is 2.77 bits per heavy atom. The highest BCUT2D eigenvalue weighted by atomic mass is 16.3. The molecule has 0 aromatic heterocycles. The molecule has 0 bridgehead atoms. The van der Waals surface area contributed by atoms with Gasteiger partial charge in [0.2, 0.25) is 0 Å². The van der Waals surface area contributed by atoms with E-state index in [0.717, 1.165) is 26.1 Å². The Bertz CT molecular complexity index is 484. The van der Waals surface area contributed by atoms with Crippen LogP contribution in [0.25, 0.3) is 0 Å². The monoisotopic (exact) mass is 304 g/mol. The molecule has 1 aromatic carbocycles. The highest BCUT2D eigenvalue weighted by Gasteiger charge is 2.15. The molecule has 1 aromatic rings.